The molecule has 2 aromatic carbocycles. The van der Waals surface area contributed by atoms with Gasteiger partial charge in [-0.05, 0) is 66.4 Å². The van der Waals surface area contributed by atoms with Crippen LogP contribution in [0.2, 0.25) is 10.0 Å². The number of hydrogen-bond donors (Lipinski definition) is 2. The van der Waals surface area contributed by atoms with Crippen LogP contribution in [0, 0.1) is 0 Å². The Labute approximate surface area is 184 Å². The molecule has 0 aliphatic rings. The fourth-order valence-corrected chi connectivity index (χ4v) is 3.86. The maximum absolute atomic E-state index is 13.2. The Morgan fingerprint density at radius 3 is 2.45 bits per heavy atom. The molecule has 4 nitrogen and oxygen atoms in total. The van der Waals surface area contributed by atoms with Crippen LogP contribution >= 0.6 is 23.2 Å². The fourth-order valence-electron chi connectivity index (χ4n) is 3.47. The first-order valence-electron chi connectivity index (χ1n) is 9.18. The van der Waals surface area contributed by atoms with Crippen LogP contribution in [0.4, 0.5) is 13.2 Å². The number of amides is 1. The summed E-state index contributed by atoms with van der Waals surface area (Å²) in [5, 5.41) is 2.09. The number of aromatic nitrogens is 1. The van der Waals surface area contributed by atoms with E-state index in [4.69, 9.17) is 33.4 Å². The van der Waals surface area contributed by atoms with Gasteiger partial charge in [0, 0.05) is 32.7 Å². The lowest BCUT2D eigenvalue weighted by Crippen LogP contribution is -2.16. The third-order valence-electron chi connectivity index (χ3n) is 4.98. The molecule has 31 heavy (non-hydrogen) atoms. The maximum Gasteiger partial charge on any atom is 0.450 e. The lowest BCUT2D eigenvalue weighted by Gasteiger charge is -2.07. The number of halogens is 5. The number of carbonyl (C=O) groups excluding carboxylic acids is 1. The van der Waals surface area contributed by atoms with Crippen molar-refractivity contribution in [1.82, 2.24) is 4.98 Å². The van der Waals surface area contributed by atoms with E-state index in [2.05, 4.69) is 4.98 Å². The molecule has 0 saturated carbocycles. The van der Waals surface area contributed by atoms with Crippen molar-refractivity contribution in [3.05, 3.63) is 81.2 Å². The molecular weight excluding hydrogens is 452 g/mol. The summed E-state index contributed by atoms with van der Waals surface area (Å²) in [4.78, 5) is 14.6. The van der Waals surface area contributed by atoms with E-state index in [1.165, 1.54) is 6.07 Å². The minimum atomic E-state index is -4.84. The quantitative estimate of drug-likeness (QED) is 0.346. The van der Waals surface area contributed by atoms with Crippen molar-refractivity contribution in [1.29, 1.82) is 0 Å². The van der Waals surface area contributed by atoms with Crippen LogP contribution in [0.1, 0.15) is 27.2 Å². The number of aromatic amines is 1. The SMILES string of the molecule is NC(=O)c1cc(-c2ccc(Cl)c(CCc3c[nH]c4ccc(Cl)cc34)c2)oc1C(F)(F)F. The number of alkyl halides is 3. The van der Waals surface area contributed by atoms with Crippen LogP contribution in [0.25, 0.3) is 22.2 Å². The van der Waals surface area contributed by atoms with Gasteiger partial charge in [0.2, 0.25) is 5.76 Å². The Morgan fingerprint density at radius 2 is 1.77 bits per heavy atom. The fraction of sp³-hybridized carbons (Fsp3) is 0.136. The van der Waals surface area contributed by atoms with Crippen molar-refractivity contribution in [2.75, 3.05) is 0 Å². The Hall–Kier alpha value is -2.90. The number of fused-ring (bicyclic) bond motifs is 1. The van der Waals surface area contributed by atoms with Crippen LogP contribution in [-0.2, 0) is 19.0 Å². The average molecular weight is 467 g/mol. The standard InChI is InChI=1S/C22H15Cl2F3N2O2/c23-14-4-6-18-15(8-14)13(10-29-18)2-1-11-7-12(3-5-17(11)24)19-9-16(21(28)30)20(31-19)22(25,26)27/h3-10,29H,1-2H2,(H2,28,30). The molecule has 4 rings (SSSR count). The van der Waals surface area contributed by atoms with Gasteiger partial charge in [0.25, 0.3) is 5.91 Å². The summed E-state index contributed by atoms with van der Waals surface area (Å²) in [5.41, 5.74) is 7.44. The second kappa shape index (κ2) is 7.98. The number of benzene rings is 2. The van der Waals surface area contributed by atoms with Gasteiger partial charge < -0.3 is 15.1 Å². The molecule has 0 radical (unpaired) electrons. The van der Waals surface area contributed by atoms with E-state index < -0.39 is 23.4 Å². The average Bonchev–Trinajstić information content (AvgIpc) is 3.32. The highest BCUT2D eigenvalue weighted by Crippen LogP contribution is 2.38. The van der Waals surface area contributed by atoms with Gasteiger partial charge in [-0.15, -0.1) is 0 Å². The first-order chi connectivity index (χ1) is 14.6. The summed E-state index contributed by atoms with van der Waals surface area (Å²) in [5.74, 6) is -2.74. The van der Waals surface area contributed by atoms with E-state index in [1.807, 2.05) is 18.3 Å². The number of aryl methyl sites for hydroxylation is 2. The lowest BCUT2D eigenvalue weighted by molar-refractivity contribution is -0.153. The van der Waals surface area contributed by atoms with Gasteiger partial charge >= 0.3 is 6.18 Å². The molecule has 0 aliphatic carbocycles. The van der Waals surface area contributed by atoms with Gasteiger partial charge in [-0.2, -0.15) is 13.2 Å². The van der Waals surface area contributed by atoms with E-state index >= 15 is 0 Å². The van der Waals surface area contributed by atoms with Crippen molar-refractivity contribution in [2.45, 2.75) is 19.0 Å². The third kappa shape index (κ3) is 4.29. The van der Waals surface area contributed by atoms with Crippen molar-refractivity contribution in [3.63, 3.8) is 0 Å². The molecule has 0 atom stereocenters. The molecule has 2 aromatic heterocycles. The molecule has 0 fully saturated rings. The van der Waals surface area contributed by atoms with E-state index in [-0.39, 0.29) is 5.76 Å². The van der Waals surface area contributed by atoms with Crippen LogP contribution < -0.4 is 5.73 Å². The van der Waals surface area contributed by atoms with Crippen LogP contribution in [0.5, 0.6) is 0 Å². The molecule has 9 heteroatoms. The molecule has 0 aliphatic heterocycles. The van der Waals surface area contributed by atoms with Crippen LogP contribution in [-0.4, -0.2) is 10.9 Å². The number of hydrogen-bond acceptors (Lipinski definition) is 2. The van der Waals surface area contributed by atoms with Gasteiger partial charge in [0.1, 0.15) is 5.76 Å². The molecule has 3 N–H and O–H groups in total. The first-order valence-corrected chi connectivity index (χ1v) is 9.94. The molecule has 0 saturated heterocycles. The van der Waals surface area contributed by atoms with Gasteiger partial charge in [0.05, 0.1) is 5.56 Å². The largest absolute Gasteiger partial charge is 0.451 e. The summed E-state index contributed by atoms with van der Waals surface area (Å²) < 4.78 is 44.5. The summed E-state index contributed by atoms with van der Waals surface area (Å²) in [6.45, 7) is 0. The zero-order chi connectivity index (χ0) is 22.3. The Kier molecular flexibility index (Phi) is 5.49. The molecular formula is C22H15Cl2F3N2O2. The predicted molar refractivity (Wildman–Crippen MR) is 113 cm³/mol. The zero-order valence-corrected chi connectivity index (χ0v) is 17.3. The summed E-state index contributed by atoms with van der Waals surface area (Å²) in [7, 11) is 0. The number of H-pyrrole nitrogens is 1. The van der Waals surface area contributed by atoms with Crippen molar-refractivity contribution < 1.29 is 22.4 Å². The Balaban J connectivity index is 1.65. The zero-order valence-electron chi connectivity index (χ0n) is 15.8. The molecule has 1 amide bonds. The van der Waals surface area contributed by atoms with Crippen molar-refractivity contribution in [3.8, 4) is 11.3 Å². The Morgan fingerprint density at radius 1 is 1.03 bits per heavy atom. The highest BCUT2D eigenvalue weighted by atomic mass is 35.5. The van der Waals surface area contributed by atoms with E-state index in [0.29, 0.717) is 28.5 Å². The maximum atomic E-state index is 13.2. The minimum Gasteiger partial charge on any atom is -0.451 e. The highest BCUT2D eigenvalue weighted by Gasteiger charge is 2.40. The minimum absolute atomic E-state index is 0.113. The van der Waals surface area contributed by atoms with Crippen molar-refractivity contribution in [2.24, 2.45) is 5.73 Å². The number of primary amides is 1. The second-order valence-corrected chi connectivity index (χ2v) is 7.87. The van der Waals surface area contributed by atoms with E-state index in [0.717, 1.165) is 28.1 Å². The monoisotopic (exact) mass is 466 g/mol. The van der Waals surface area contributed by atoms with Crippen LogP contribution in [0.15, 0.2) is 53.1 Å². The molecule has 0 spiro atoms. The third-order valence-corrected chi connectivity index (χ3v) is 5.58. The van der Waals surface area contributed by atoms with Gasteiger partial charge in [-0.3, -0.25) is 4.79 Å². The first kappa shape index (κ1) is 21.3. The van der Waals surface area contributed by atoms with E-state index in [9.17, 15) is 18.0 Å². The van der Waals surface area contributed by atoms with Crippen molar-refractivity contribution >= 4 is 40.0 Å². The normalized spacial score (nSPS) is 11.9. The smallest absolute Gasteiger partial charge is 0.450 e. The molecule has 160 valence electrons. The van der Waals surface area contributed by atoms with Crippen LogP contribution in [0.3, 0.4) is 0 Å². The number of nitrogens with one attached hydrogen (secondary N) is 1. The summed E-state index contributed by atoms with van der Waals surface area (Å²) in [6, 6.07) is 11.3. The highest BCUT2D eigenvalue weighted by molar-refractivity contribution is 6.31. The topological polar surface area (TPSA) is 72.0 Å². The van der Waals surface area contributed by atoms with Gasteiger partial charge in [0.15, 0.2) is 0 Å². The summed E-state index contributed by atoms with van der Waals surface area (Å²) in [6.07, 6.45) is -1.79. The van der Waals surface area contributed by atoms with Gasteiger partial charge in [-0.1, -0.05) is 23.2 Å². The molecule has 0 unspecified atom stereocenters. The molecule has 2 heterocycles. The van der Waals surface area contributed by atoms with Gasteiger partial charge in [-0.25, -0.2) is 0 Å². The number of rotatable bonds is 5. The number of carbonyl (C=O) groups is 1. The Bertz CT molecular complexity index is 1290. The molecule has 4 aromatic rings. The second-order valence-electron chi connectivity index (χ2n) is 7.03. The lowest BCUT2D eigenvalue weighted by atomic mass is 10.0. The summed E-state index contributed by atoms with van der Waals surface area (Å²) >= 11 is 12.4. The number of furan rings is 1. The molecule has 0 bridgehead atoms. The number of nitrogens with two attached hydrogens (primary N) is 1. The van der Waals surface area contributed by atoms with E-state index in [1.54, 1.807) is 18.2 Å². The predicted octanol–water partition coefficient (Wildman–Crippen LogP) is 6.64.